The zero-order valence-corrected chi connectivity index (χ0v) is 11.1. The van der Waals surface area contributed by atoms with E-state index < -0.39 is 0 Å². The van der Waals surface area contributed by atoms with Crippen molar-refractivity contribution < 1.29 is 9.28 Å². The summed E-state index contributed by atoms with van der Waals surface area (Å²) in [5, 5.41) is 0. The maximum absolute atomic E-state index is 11.8. The number of nitrogens with zero attached hydrogens (tertiary/aromatic N) is 1. The first-order chi connectivity index (χ1) is 8.33. The highest BCUT2D eigenvalue weighted by molar-refractivity contribution is 5.38. The molecule has 0 aromatic heterocycles. The average Bonchev–Trinajstić information content (AvgIpc) is 2.43. The zero-order chi connectivity index (χ0) is 12.1. The van der Waals surface area contributed by atoms with Crippen LogP contribution >= 0.6 is 0 Å². The summed E-state index contributed by atoms with van der Waals surface area (Å²) in [5.41, 5.74) is 0. The van der Waals surface area contributed by atoms with Crippen LogP contribution in [-0.4, -0.2) is 29.5 Å². The van der Waals surface area contributed by atoms with E-state index in [-0.39, 0.29) is 0 Å². The fourth-order valence-electron chi connectivity index (χ4n) is 4.01. The van der Waals surface area contributed by atoms with E-state index in [1.54, 1.807) is 0 Å². The van der Waals surface area contributed by atoms with Gasteiger partial charge in [0.25, 0.3) is 0 Å². The molecule has 2 nitrogen and oxygen atoms in total. The van der Waals surface area contributed by atoms with Gasteiger partial charge in [0, 0.05) is 6.92 Å². The summed E-state index contributed by atoms with van der Waals surface area (Å²) in [6.45, 7) is 4.88. The zero-order valence-electron chi connectivity index (χ0n) is 11.1. The molecule has 1 amide bonds. The van der Waals surface area contributed by atoms with E-state index in [4.69, 9.17) is 0 Å². The number of quaternary nitrogens is 1. The Balaban J connectivity index is 2.13. The molecule has 0 bridgehead atoms. The Hall–Kier alpha value is -0.370. The Labute approximate surface area is 106 Å². The van der Waals surface area contributed by atoms with Gasteiger partial charge >= 0.3 is 6.41 Å². The fraction of sp³-hybridized carbons (Fsp3) is 0.867. The highest BCUT2D eigenvalue weighted by Gasteiger charge is 2.43. The van der Waals surface area contributed by atoms with Crippen LogP contribution in [0.1, 0.15) is 64.2 Å². The molecule has 2 rings (SSSR count). The second-order valence-corrected chi connectivity index (χ2v) is 5.91. The lowest BCUT2D eigenvalue weighted by molar-refractivity contribution is -0.893. The molecule has 0 spiro atoms. The summed E-state index contributed by atoms with van der Waals surface area (Å²) in [4.78, 5) is 11.8. The summed E-state index contributed by atoms with van der Waals surface area (Å²) >= 11 is 0. The van der Waals surface area contributed by atoms with E-state index in [1.165, 1.54) is 70.6 Å². The third-order valence-corrected chi connectivity index (χ3v) is 5.09. The molecule has 0 N–H and O–H groups in total. The maximum Gasteiger partial charge on any atom is 0.301 e. The van der Waals surface area contributed by atoms with E-state index in [2.05, 4.69) is 6.92 Å². The van der Waals surface area contributed by atoms with Crippen LogP contribution in [0.5, 0.6) is 0 Å². The highest BCUT2D eigenvalue weighted by Crippen LogP contribution is 2.35. The van der Waals surface area contributed by atoms with Gasteiger partial charge in [-0.15, -0.1) is 0 Å². The molecule has 0 aliphatic heterocycles. The predicted molar refractivity (Wildman–Crippen MR) is 70.3 cm³/mol. The van der Waals surface area contributed by atoms with Gasteiger partial charge in [0.15, 0.2) is 0 Å². The van der Waals surface area contributed by atoms with Crippen molar-refractivity contribution >= 4 is 6.41 Å². The molecule has 0 atom stereocenters. The van der Waals surface area contributed by atoms with Crippen molar-refractivity contribution in [3.05, 3.63) is 6.92 Å². The molecular formula is C15H27NO+. The number of hydrogen-bond donors (Lipinski definition) is 0. The third kappa shape index (κ3) is 2.57. The second-order valence-electron chi connectivity index (χ2n) is 5.91. The van der Waals surface area contributed by atoms with E-state index in [0.717, 1.165) is 6.54 Å². The van der Waals surface area contributed by atoms with Gasteiger partial charge in [-0.25, -0.2) is 4.79 Å². The van der Waals surface area contributed by atoms with Crippen LogP contribution in [0, 0.1) is 6.92 Å². The largest absolute Gasteiger partial charge is 0.301 e. The Morgan fingerprint density at radius 2 is 1.29 bits per heavy atom. The Morgan fingerprint density at radius 3 is 1.59 bits per heavy atom. The lowest BCUT2D eigenvalue weighted by Crippen LogP contribution is -2.61. The number of rotatable bonds is 4. The molecule has 1 radical (unpaired) electrons. The summed E-state index contributed by atoms with van der Waals surface area (Å²) in [5.74, 6) is 0. The molecule has 2 aliphatic carbocycles. The number of hydrogen-bond acceptors (Lipinski definition) is 1. The molecule has 0 heterocycles. The van der Waals surface area contributed by atoms with E-state index in [1.807, 2.05) is 0 Å². The van der Waals surface area contributed by atoms with E-state index in [0.29, 0.717) is 16.6 Å². The summed E-state index contributed by atoms with van der Waals surface area (Å²) < 4.78 is 0.681. The van der Waals surface area contributed by atoms with Crippen molar-refractivity contribution in [2.45, 2.75) is 76.3 Å². The summed E-state index contributed by atoms with van der Waals surface area (Å²) in [6, 6.07) is 1.14. The van der Waals surface area contributed by atoms with Crippen molar-refractivity contribution in [2.75, 3.05) is 6.54 Å². The quantitative estimate of drug-likeness (QED) is 0.540. The molecule has 0 aromatic rings. The fourth-order valence-corrected chi connectivity index (χ4v) is 4.01. The minimum absolute atomic E-state index is 0.571. The van der Waals surface area contributed by atoms with Crippen molar-refractivity contribution in [2.24, 2.45) is 0 Å². The molecule has 0 unspecified atom stereocenters. The van der Waals surface area contributed by atoms with Crippen LogP contribution in [0.2, 0.25) is 0 Å². The maximum atomic E-state index is 11.8. The lowest BCUT2D eigenvalue weighted by Gasteiger charge is -2.47. The number of carbonyl (C=O) groups is 1. The van der Waals surface area contributed by atoms with E-state index in [9.17, 15) is 4.79 Å². The SMILES string of the molecule is [CH2]C[N+](C=O)(C1CCCCC1)C1CCCCC1. The van der Waals surface area contributed by atoms with Crippen LogP contribution in [0.3, 0.4) is 0 Å². The monoisotopic (exact) mass is 237 g/mol. The highest BCUT2D eigenvalue weighted by atomic mass is 16.1. The molecular weight excluding hydrogens is 210 g/mol. The topological polar surface area (TPSA) is 17.1 Å². The first kappa shape index (κ1) is 13.1. The second kappa shape index (κ2) is 5.99. The van der Waals surface area contributed by atoms with Crippen LogP contribution < -0.4 is 0 Å². The first-order valence-electron chi connectivity index (χ1n) is 7.46. The number of amides is 1. The Bertz CT molecular complexity index is 221. The lowest BCUT2D eigenvalue weighted by atomic mass is 9.86. The van der Waals surface area contributed by atoms with Gasteiger partial charge in [0.1, 0.15) is 0 Å². The van der Waals surface area contributed by atoms with E-state index >= 15 is 0 Å². The van der Waals surface area contributed by atoms with Gasteiger partial charge in [0.2, 0.25) is 0 Å². The summed E-state index contributed by atoms with van der Waals surface area (Å²) in [7, 11) is 0. The Morgan fingerprint density at radius 1 is 0.882 bits per heavy atom. The smallest absolute Gasteiger partial charge is 0.258 e. The van der Waals surface area contributed by atoms with Crippen molar-refractivity contribution in [1.29, 1.82) is 0 Å². The average molecular weight is 237 g/mol. The minimum atomic E-state index is 0.571. The van der Waals surface area contributed by atoms with Gasteiger partial charge in [0.05, 0.1) is 18.6 Å². The molecule has 17 heavy (non-hydrogen) atoms. The molecule has 2 aliphatic rings. The van der Waals surface area contributed by atoms with Crippen LogP contribution in [0.4, 0.5) is 0 Å². The van der Waals surface area contributed by atoms with Crippen LogP contribution in [-0.2, 0) is 4.79 Å². The van der Waals surface area contributed by atoms with Crippen LogP contribution in [0.15, 0.2) is 0 Å². The van der Waals surface area contributed by atoms with Crippen LogP contribution in [0.25, 0.3) is 0 Å². The molecule has 0 aromatic carbocycles. The normalized spacial score (nSPS) is 24.8. The summed E-state index contributed by atoms with van der Waals surface area (Å²) in [6.07, 6.45) is 14.2. The molecule has 0 saturated heterocycles. The third-order valence-electron chi connectivity index (χ3n) is 5.09. The Kier molecular flexibility index (Phi) is 4.61. The molecule has 2 fully saturated rings. The van der Waals surface area contributed by atoms with Gasteiger partial charge in [-0.05, 0) is 51.4 Å². The first-order valence-corrected chi connectivity index (χ1v) is 7.46. The number of carbonyl (C=O) groups excluding carboxylic acids is 1. The van der Waals surface area contributed by atoms with Gasteiger partial charge < -0.3 is 0 Å². The van der Waals surface area contributed by atoms with Gasteiger partial charge in [-0.1, -0.05) is 12.8 Å². The van der Waals surface area contributed by atoms with Gasteiger partial charge in [-0.2, -0.15) is 0 Å². The molecule has 97 valence electrons. The predicted octanol–water partition coefficient (Wildman–Crippen LogP) is 3.46. The van der Waals surface area contributed by atoms with Gasteiger partial charge in [-0.3, -0.25) is 4.48 Å². The minimum Gasteiger partial charge on any atom is -0.258 e. The molecule has 2 heteroatoms. The van der Waals surface area contributed by atoms with Crippen molar-refractivity contribution in [3.8, 4) is 0 Å². The standard InChI is InChI=1S/C15H27NO/c1-2-16(13-17,14-9-5-3-6-10-14)15-11-7-4-8-12-15/h13-15H,1-12H2/q+1. The van der Waals surface area contributed by atoms with Crippen molar-refractivity contribution in [3.63, 3.8) is 0 Å². The molecule has 2 saturated carbocycles. The van der Waals surface area contributed by atoms with Crippen molar-refractivity contribution in [1.82, 2.24) is 0 Å².